The van der Waals surface area contributed by atoms with E-state index in [-0.39, 0.29) is 25.2 Å². The summed E-state index contributed by atoms with van der Waals surface area (Å²) >= 11 is 0. The fourth-order valence-electron chi connectivity index (χ4n) is 2.14. The van der Waals surface area contributed by atoms with Gasteiger partial charge in [-0.25, -0.2) is 0 Å². The van der Waals surface area contributed by atoms with Crippen molar-refractivity contribution in [1.82, 2.24) is 5.32 Å². The van der Waals surface area contributed by atoms with Gasteiger partial charge in [-0.1, -0.05) is 17.7 Å². The van der Waals surface area contributed by atoms with E-state index in [4.69, 9.17) is 9.47 Å². The van der Waals surface area contributed by atoms with Gasteiger partial charge in [-0.05, 0) is 37.3 Å². The number of ether oxygens (including phenoxy) is 2. The Hall–Kier alpha value is -3.02. The number of fused-ring (bicyclic) bond motifs is 1. The first-order valence-electron chi connectivity index (χ1n) is 7.16. The Balaban J connectivity index is 1.54. The molecule has 2 N–H and O–H groups in total. The maximum atomic E-state index is 12.1. The van der Waals surface area contributed by atoms with Crippen LogP contribution in [0.3, 0.4) is 0 Å². The number of benzene rings is 2. The first-order chi connectivity index (χ1) is 11.1. The number of amides is 2. The Labute approximate surface area is 133 Å². The lowest BCUT2D eigenvalue weighted by Crippen LogP contribution is -2.32. The lowest BCUT2D eigenvalue weighted by molar-refractivity contribution is -0.115. The molecule has 0 bridgehead atoms. The molecule has 23 heavy (non-hydrogen) atoms. The number of nitrogens with one attached hydrogen (secondary N) is 2. The molecule has 0 saturated carbocycles. The Kier molecular flexibility index (Phi) is 4.14. The summed E-state index contributed by atoms with van der Waals surface area (Å²) in [7, 11) is 0. The van der Waals surface area contributed by atoms with Crippen LogP contribution in [0.25, 0.3) is 0 Å². The van der Waals surface area contributed by atoms with Crippen molar-refractivity contribution in [2.45, 2.75) is 6.92 Å². The van der Waals surface area contributed by atoms with E-state index in [0.29, 0.717) is 22.7 Å². The van der Waals surface area contributed by atoms with Crippen LogP contribution in [-0.2, 0) is 4.79 Å². The monoisotopic (exact) mass is 312 g/mol. The van der Waals surface area contributed by atoms with Crippen molar-refractivity contribution in [2.75, 3.05) is 18.7 Å². The highest BCUT2D eigenvalue weighted by Crippen LogP contribution is 2.32. The smallest absolute Gasteiger partial charge is 0.251 e. The highest BCUT2D eigenvalue weighted by molar-refractivity contribution is 5.99. The van der Waals surface area contributed by atoms with E-state index in [0.717, 1.165) is 5.56 Å². The summed E-state index contributed by atoms with van der Waals surface area (Å²) in [5.41, 5.74) is 2.22. The SMILES string of the molecule is Cc1ccc(NC(=O)CNC(=O)c2ccc3c(c2)OCO3)cc1. The number of rotatable bonds is 4. The van der Waals surface area contributed by atoms with Crippen LogP contribution < -0.4 is 20.1 Å². The summed E-state index contributed by atoms with van der Waals surface area (Å²) in [6.45, 7) is 2.01. The van der Waals surface area contributed by atoms with Gasteiger partial charge < -0.3 is 20.1 Å². The third-order valence-electron chi connectivity index (χ3n) is 3.38. The first kappa shape index (κ1) is 14.9. The van der Waals surface area contributed by atoms with Crippen LogP contribution in [-0.4, -0.2) is 25.2 Å². The summed E-state index contributed by atoms with van der Waals surface area (Å²) in [5.74, 6) is 0.505. The van der Waals surface area contributed by atoms with E-state index >= 15 is 0 Å². The van der Waals surface area contributed by atoms with Crippen molar-refractivity contribution in [1.29, 1.82) is 0 Å². The van der Waals surface area contributed by atoms with Gasteiger partial charge >= 0.3 is 0 Å². The van der Waals surface area contributed by atoms with E-state index in [1.807, 2.05) is 31.2 Å². The number of carbonyl (C=O) groups is 2. The summed E-state index contributed by atoms with van der Waals surface area (Å²) in [4.78, 5) is 23.9. The van der Waals surface area contributed by atoms with Crippen molar-refractivity contribution in [3.05, 3.63) is 53.6 Å². The molecule has 2 aromatic carbocycles. The van der Waals surface area contributed by atoms with Crippen molar-refractivity contribution in [3.8, 4) is 11.5 Å². The standard InChI is InChI=1S/C17H16N2O4/c1-11-2-5-13(6-3-11)19-16(20)9-18-17(21)12-4-7-14-15(8-12)23-10-22-14/h2-8H,9-10H2,1H3,(H,18,21)(H,19,20). The molecule has 6 nitrogen and oxygen atoms in total. The average Bonchev–Trinajstić information content (AvgIpc) is 3.02. The topological polar surface area (TPSA) is 76.7 Å². The third-order valence-corrected chi connectivity index (χ3v) is 3.38. The number of anilines is 1. The molecule has 0 radical (unpaired) electrons. The summed E-state index contributed by atoms with van der Waals surface area (Å²) in [6.07, 6.45) is 0. The van der Waals surface area contributed by atoms with Crippen molar-refractivity contribution >= 4 is 17.5 Å². The van der Waals surface area contributed by atoms with Crippen LogP contribution in [0.15, 0.2) is 42.5 Å². The Morgan fingerprint density at radius 3 is 2.57 bits per heavy atom. The zero-order valence-corrected chi connectivity index (χ0v) is 12.6. The minimum absolute atomic E-state index is 0.110. The lowest BCUT2D eigenvalue weighted by atomic mass is 10.2. The summed E-state index contributed by atoms with van der Waals surface area (Å²) in [5, 5.41) is 5.29. The van der Waals surface area contributed by atoms with Gasteiger partial charge in [-0.15, -0.1) is 0 Å². The fourth-order valence-corrected chi connectivity index (χ4v) is 2.14. The number of carbonyl (C=O) groups excluding carboxylic acids is 2. The van der Waals surface area contributed by atoms with Crippen LogP contribution in [0.5, 0.6) is 11.5 Å². The zero-order valence-electron chi connectivity index (χ0n) is 12.6. The predicted molar refractivity (Wildman–Crippen MR) is 84.7 cm³/mol. The molecule has 6 heteroatoms. The van der Waals surface area contributed by atoms with E-state index < -0.39 is 0 Å². The van der Waals surface area contributed by atoms with Crippen LogP contribution in [0.4, 0.5) is 5.69 Å². The Morgan fingerprint density at radius 1 is 1.04 bits per heavy atom. The van der Waals surface area contributed by atoms with Gasteiger partial charge in [0, 0.05) is 11.3 Å². The van der Waals surface area contributed by atoms with Crippen LogP contribution >= 0.6 is 0 Å². The molecule has 0 unspecified atom stereocenters. The second-order valence-corrected chi connectivity index (χ2v) is 5.16. The second kappa shape index (κ2) is 6.39. The molecule has 0 aliphatic carbocycles. The molecule has 1 aliphatic heterocycles. The second-order valence-electron chi connectivity index (χ2n) is 5.16. The van der Waals surface area contributed by atoms with E-state index in [9.17, 15) is 9.59 Å². The van der Waals surface area contributed by atoms with E-state index in [2.05, 4.69) is 10.6 Å². The maximum absolute atomic E-state index is 12.1. The van der Waals surface area contributed by atoms with Crippen molar-refractivity contribution < 1.29 is 19.1 Å². The largest absolute Gasteiger partial charge is 0.454 e. The molecule has 1 heterocycles. The molecule has 0 saturated heterocycles. The highest BCUT2D eigenvalue weighted by atomic mass is 16.7. The van der Waals surface area contributed by atoms with Gasteiger partial charge in [0.1, 0.15) is 0 Å². The average molecular weight is 312 g/mol. The van der Waals surface area contributed by atoms with Gasteiger partial charge in [-0.3, -0.25) is 9.59 Å². The van der Waals surface area contributed by atoms with Gasteiger partial charge in [0.15, 0.2) is 11.5 Å². The van der Waals surface area contributed by atoms with Gasteiger partial charge in [0.05, 0.1) is 6.54 Å². The van der Waals surface area contributed by atoms with Crippen LogP contribution in [0, 0.1) is 6.92 Å². The summed E-state index contributed by atoms with van der Waals surface area (Å²) < 4.78 is 10.4. The summed E-state index contributed by atoms with van der Waals surface area (Å²) in [6, 6.07) is 12.3. The molecule has 3 rings (SSSR count). The van der Waals surface area contributed by atoms with E-state index in [1.54, 1.807) is 18.2 Å². The molecular formula is C17H16N2O4. The molecule has 118 valence electrons. The Bertz CT molecular complexity index is 741. The number of hydrogen-bond acceptors (Lipinski definition) is 4. The number of aryl methyl sites for hydroxylation is 1. The minimum Gasteiger partial charge on any atom is -0.454 e. The molecule has 1 aliphatic rings. The van der Waals surface area contributed by atoms with Gasteiger partial charge in [0.2, 0.25) is 12.7 Å². The highest BCUT2D eigenvalue weighted by Gasteiger charge is 2.16. The van der Waals surface area contributed by atoms with Crippen molar-refractivity contribution in [2.24, 2.45) is 0 Å². The molecule has 2 aromatic rings. The molecule has 0 atom stereocenters. The molecule has 0 spiro atoms. The predicted octanol–water partition coefficient (Wildman–Crippen LogP) is 2.09. The van der Waals surface area contributed by atoms with E-state index in [1.165, 1.54) is 0 Å². The first-order valence-corrected chi connectivity index (χ1v) is 7.16. The van der Waals surface area contributed by atoms with Crippen LogP contribution in [0.1, 0.15) is 15.9 Å². The van der Waals surface area contributed by atoms with Gasteiger partial charge in [0.25, 0.3) is 5.91 Å². The van der Waals surface area contributed by atoms with Gasteiger partial charge in [-0.2, -0.15) is 0 Å². The lowest BCUT2D eigenvalue weighted by Gasteiger charge is -2.07. The van der Waals surface area contributed by atoms with Crippen molar-refractivity contribution in [3.63, 3.8) is 0 Å². The fraction of sp³-hybridized carbons (Fsp3) is 0.176. The zero-order chi connectivity index (χ0) is 16.2. The van der Waals surface area contributed by atoms with Crippen LogP contribution in [0.2, 0.25) is 0 Å². The quantitative estimate of drug-likeness (QED) is 0.906. The third kappa shape index (κ3) is 3.60. The maximum Gasteiger partial charge on any atom is 0.251 e. The molecule has 0 fully saturated rings. The Morgan fingerprint density at radius 2 is 1.78 bits per heavy atom. The normalized spacial score (nSPS) is 11.9. The number of hydrogen-bond donors (Lipinski definition) is 2. The molecular weight excluding hydrogens is 296 g/mol. The minimum atomic E-state index is -0.345. The molecule has 0 aromatic heterocycles. The molecule has 2 amide bonds.